The van der Waals surface area contributed by atoms with Crippen LogP contribution in [0.2, 0.25) is 0 Å². The van der Waals surface area contributed by atoms with Gasteiger partial charge >= 0.3 is 0 Å². The van der Waals surface area contributed by atoms with E-state index in [1.807, 2.05) is 19.2 Å². The zero-order chi connectivity index (χ0) is 18.2. The first-order chi connectivity index (χ1) is 12.8. The Morgan fingerprint density at radius 1 is 1.15 bits per heavy atom. The van der Waals surface area contributed by atoms with Crippen molar-refractivity contribution in [3.8, 4) is 5.75 Å². The van der Waals surface area contributed by atoms with Gasteiger partial charge in [-0.25, -0.2) is 0 Å². The standard InChI is InChI=1S/C22H29N3O/c1-23-22(24-15-6-7-18-10-12-21(26-2)13-11-18)25-16-14-20(17-25)19-8-4-3-5-9-19/h3-5,8-13,20H,6-7,14-17H2,1-2H3,(H,23,24). The quantitative estimate of drug-likeness (QED) is 0.490. The Morgan fingerprint density at radius 3 is 2.62 bits per heavy atom. The zero-order valence-electron chi connectivity index (χ0n) is 15.8. The second-order valence-corrected chi connectivity index (χ2v) is 6.77. The summed E-state index contributed by atoms with van der Waals surface area (Å²) in [5.41, 5.74) is 2.78. The molecule has 0 spiro atoms. The van der Waals surface area contributed by atoms with Gasteiger partial charge in [0.05, 0.1) is 7.11 Å². The van der Waals surface area contributed by atoms with Crippen LogP contribution in [0.3, 0.4) is 0 Å². The van der Waals surface area contributed by atoms with Gasteiger partial charge in [-0.15, -0.1) is 0 Å². The fraction of sp³-hybridized carbons (Fsp3) is 0.409. The minimum atomic E-state index is 0.606. The number of hydrogen-bond acceptors (Lipinski definition) is 2. The number of rotatable bonds is 6. The molecule has 1 saturated heterocycles. The minimum Gasteiger partial charge on any atom is -0.497 e. The summed E-state index contributed by atoms with van der Waals surface area (Å²) in [7, 11) is 3.58. The average Bonchev–Trinajstić information content (AvgIpc) is 3.19. The maximum atomic E-state index is 5.20. The Morgan fingerprint density at radius 2 is 1.92 bits per heavy atom. The van der Waals surface area contributed by atoms with Crippen molar-refractivity contribution in [1.29, 1.82) is 0 Å². The smallest absolute Gasteiger partial charge is 0.193 e. The maximum Gasteiger partial charge on any atom is 0.193 e. The molecule has 4 nitrogen and oxygen atoms in total. The van der Waals surface area contributed by atoms with Crippen molar-refractivity contribution in [2.45, 2.75) is 25.2 Å². The summed E-state index contributed by atoms with van der Waals surface area (Å²) in [5.74, 6) is 2.54. The highest BCUT2D eigenvalue weighted by molar-refractivity contribution is 5.80. The molecule has 0 saturated carbocycles. The van der Waals surface area contributed by atoms with Gasteiger partial charge in [0.2, 0.25) is 0 Å². The van der Waals surface area contributed by atoms with Gasteiger partial charge in [-0.1, -0.05) is 42.5 Å². The first-order valence-corrected chi connectivity index (χ1v) is 9.43. The van der Waals surface area contributed by atoms with E-state index in [4.69, 9.17) is 4.74 Å². The Kier molecular flexibility index (Phi) is 6.53. The van der Waals surface area contributed by atoms with E-state index in [0.29, 0.717) is 5.92 Å². The van der Waals surface area contributed by atoms with Gasteiger partial charge in [-0.2, -0.15) is 0 Å². The molecule has 26 heavy (non-hydrogen) atoms. The summed E-state index contributed by atoms with van der Waals surface area (Å²) in [6.45, 7) is 3.05. The summed E-state index contributed by atoms with van der Waals surface area (Å²) in [5, 5.41) is 3.53. The highest BCUT2D eigenvalue weighted by atomic mass is 16.5. The highest BCUT2D eigenvalue weighted by Gasteiger charge is 2.25. The van der Waals surface area contributed by atoms with Crippen LogP contribution in [0.4, 0.5) is 0 Å². The average molecular weight is 351 g/mol. The van der Waals surface area contributed by atoms with Crippen molar-refractivity contribution >= 4 is 5.96 Å². The molecule has 0 aliphatic carbocycles. The normalized spacial score (nSPS) is 17.4. The van der Waals surface area contributed by atoms with E-state index < -0.39 is 0 Å². The monoisotopic (exact) mass is 351 g/mol. The lowest BCUT2D eigenvalue weighted by molar-refractivity contribution is 0.414. The number of nitrogens with zero attached hydrogens (tertiary/aromatic N) is 2. The van der Waals surface area contributed by atoms with Gasteiger partial charge in [-0.3, -0.25) is 4.99 Å². The number of methoxy groups -OCH3 is 1. The van der Waals surface area contributed by atoms with Crippen LogP contribution in [0.1, 0.15) is 29.9 Å². The molecule has 1 fully saturated rings. The van der Waals surface area contributed by atoms with Crippen LogP contribution < -0.4 is 10.1 Å². The maximum absolute atomic E-state index is 5.20. The van der Waals surface area contributed by atoms with Gasteiger partial charge < -0.3 is 15.0 Å². The van der Waals surface area contributed by atoms with Crippen molar-refractivity contribution in [1.82, 2.24) is 10.2 Å². The van der Waals surface area contributed by atoms with Gasteiger partial charge in [0, 0.05) is 32.6 Å². The number of hydrogen-bond donors (Lipinski definition) is 1. The lowest BCUT2D eigenvalue weighted by Gasteiger charge is -2.22. The van der Waals surface area contributed by atoms with Crippen molar-refractivity contribution in [2.24, 2.45) is 4.99 Å². The molecule has 1 atom stereocenters. The third-order valence-corrected chi connectivity index (χ3v) is 5.05. The number of benzene rings is 2. The predicted octanol–water partition coefficient (Wildman–Crippen LogP) is 3.69. The van der Waals surface area contributed by atoms with Crippen LogP contribution in [0.15, 0.2) is 59.6 Å². The van der Waals surface area contributed by atoms with Gasteiger partial charge in [-0.05, 0) is 42.5 Å². The Hall–Kier alpha value is -2.49. The molecular formula is C22H29N3O. The Balaban J connectivity index is 1.43. The van der Waals surface area contributed by atoms with Crippen LogP contribution in [0.5, 0.6) is 5.75 Å². The Labute approximate surface area is 156 Å². The first kappa shape index (κ1) is 18.3. The van der Waals surface area contributed by atoms with Crippen LogP contribution >= 0.6 is 0 Å². The second kappa shape index (κ2) is 9.27. The van der Waals surface area contributed by atoms with E-state index in [1.54, 1.807) is 7.11 Å². The van der Waals surface area contributed by atoms with Crippen LogP contribution in [-0.2, 0) is 6.42 Å². The first-order valence-electron chi connectivity index (χ1n) is 9.43. The summed E-state index contributed by atoms with van der Waals surface area (Å²) in [6.07, 6.45) is 3.33. The van der Waals surface area contributed by atoms with Crippen molar-refractivity contribution in [2.75, 3.05) is 33.8 Å². The molecule has 1 unspecified atom stereocenters. The van der Waals surface area contributed by atoms with Crippen molar-refractivity contribution < 1.29 is 4.74 Å². The van der Waals surface area contributed by atoms with E-state index in [2.05, 4.69) is 57.7 Å². The number of guanidine groups is 1. The molecule has 1 N–H and O–H groups in total. The van der Waals surface area contributed by atoms with E-state index in [0.717, 1.165) is 44.2 Å². The summed E-state index contributed by atoms with van der Waals surface area (Å²) in [6, 6.07) is 19.1. The van der Waals surface area contributed by atoms with E-state index in [1.165, 1.54) is 17.5 Å². The summed E-state index contributed by atoms with van der Waals surface area (Å²) >= 11 is 0. The van der Waals surface area contributed by atoms with Crippen molar-refractivity contribution in [3.63, 3.8) is 0 Å². The molecule has 0 radical (unpaired) electrons. The third-order valence-electron chi connectivity index (χ3n) is 5.05. The molecule has 0 amide bonds. The molecule has 4 heteroatoms. The fourth-order valence-electron chi connectivity index (χ4n) is 3.57. The van der Waals surface area contributed by atoms with Crippen LogP contribution in [-0.4, -0.2) is 44.7 Å². The molecule has 1 aliphatic heterocycles. The molecule has 2 aromatic carbocycles. The molecule has 1 heterocycles. The minimum absolute atomic E-state index is 0.606. The topological polar surface area (TPSA) is 36.9 Å². The van der Waals surface area contributed by atoms with Gasteiger partial charge in [0.1, 0.15) is 5.75 Å². The number of ether oxygens (including phenoxy) is 1. The molecule has 3 rings (SSSR count). The number of nitrogens with one attached hydrogen (secondary N) is 1. The lowest BCUT2D eigenvalue weighted by Crippen LogP contribution is -2.40. The van der Waals surface area contributed by atoms with E-state index in [9.17, 15) is 0 Å². The number of likely N-dealkylation sites (tertiary alicyclic amines) is 1. The van der Waals surface area contributed by atoms with Gasteiger partial charge in [0.15, 0.2) is 5.96 Å². The van der Waals surface area contributed by atoms with Crippen LogP contribution in [0.25, 0.3) is 0 Å². The second-order valence-electron chi connectivity index (χ2n) is 6.77. The molecule has 0 aromatic heterocycles. The predicted molar refractivity (Wildman–Crippen MR) is 108 cm³/mol. The number of aryl methyl sites for hydroxylation is 1. The Bertz CT molecular complexity index is 697. The molecule has 138 valence electrons. The van der Waals surface area contributed by atoms with E-state index >= 15 is 0 Å². The van der Waals surface area contributed by atoms with E-state index in [-0.39, 0.29) is 0 Å². The molecule has 1 aliphatic rings. The van der Waals surface area contributed by atoms with Crippen LogP contribution in [0, 0.1) is 0 Å². The SMILES string of the molecule is CN=C(NCCCc1ccc(OC)cc1)N1CCC(c2ccccc2)C1. The lowest BCUT2D eigenvalue weighted by atomic mass is 9.99. The fourth-order valence-corrected chi connectivity index (χ4v) is 3.57. The molecule has 2 aromatic rings. The summed E-state index contributed by atoms with van der Waals surface area (Å²) < 4.78 is 5.20. The molecular weight excluding hydrogens is 322 g/mol. The largest absolute Gasteiger partial charge is 0.497 e. The number of aliphatic imine (C=N–C) groups is 1. The van der Waals surface area contributed by atoms with Crippen molar-refractivity contribution in [3.05, 3.63) is 65.7 Å². The third kappa shape index (κ3) is 4.78. The summed E-state index contributed by atoms with van der Waals surface area (Å²) in [4.78, 5) is 6.86. The highest BCUT2D eigenvalue weighted by Crippen LogP contribution is 2.26. The molecule has 0 bridgehead atoms. The zero-order valence-corrected chi connectivity index (χ0v) is 15.8. The van der Waals surface area contributed by atoms with Gasteiger partial charge in [0.25, 0.3) is 0 Å².